The number of carbonyl (C=O) groups is 1. The molecule has 0 fully saturated rings. The van der Waals surface area contributed by atoms with Crippen molar-refractivity contribution in [2.45, 2.75) is 25.2 Å². The summed E-state index contributed by atoms with van der Waals surface area (Å²) in [5.41, 5.74) is 0. The molecule has 0 saturated carbocycles. The van der Waals surface area contributed by atoms with Crippen molar-refractivity contribution >= 4 is 31.9 Å². The van der Waals surface area contributed by atoms with Gasteiger partial charge in [-0.05, 0) is 37.6 Å². The third-order valence-corrected chi connectivity index (χ3v) is 5.58. The molecule has 1 aromatic rings. The minimum atomic E-state index is -3.68. The average molecular weight is 407 g/mol. The number of amides is 1. The Morgan fingerprint density at radius 3 is 2.48 bits per heavy atom. The molecule has 0 atom stereocenters. The van der Waals surface area contributed by atoms with E-state index in [9.17, 15) is 13.2 Å². The molecule has 0 aromatic heterocycles. The number of nitrogens with one attached hydrogen (secondary N) is 1. The van der Waals surface area contributed by atoms with Crippen LogP contribution in [0.25, 0.3) is 0 Å². The van der Waals surface area contributed by atoms with Crippen LogP contribution in [-0.4, -0.2) is 51.5 Å². The molecule has 1 amide bonds. The largest absolute Gasteiger partial charge is 0.382 e. The predicted octanol–water partition coefficient (Wildman–Crippen LogP) is 2.00. The highest BCUT2D eigenvalue weighted by Crippen LogP contribution is 2.18. The number of rotatable bonds is 10. The van der Waals surface area contributed by atoms with Crippen LogP contribution in [0.4, 0.5) is 0 Å². The van der Waals surface area contributed by atoms with E-state index >= 15 is 0 Å². The highest BCUT2D eigenvalue weighted by atomic mass is 79.9. The number of benzene rings is 1. The van der Waals surface area contributed by atoms with Crippen molar-refractivity contribution in [1.82, 2.24) is 9.62 Å². The third kappa shape index (κ3) is 6.58. The Morgan fingerprint density at radius 2 is 1.91 bits per heavy atom. The van der Waals surface area contributed by atoms with Crippen LogP contribution in [0.2, 0.25) is 0 Å². The first-order valence-electron chi connectivity index (χ1n) is 7.52. The summed E-state index contributed by atoms with van der Waals surface area (Å²) in [6.07, 6.45) is 0.700. The van der Waals surface area contributed by atoms with Gasteiger partial charge in [0.15, 0.2) is 0 Å². The Morgan fingerprint density at radius 1 is 1.26 bits per heavy atom. The van der Waals surface area contributed by atoms with Gasteiger partial charge in [0.05, 0.1) is 11.4 Å². The first-order chi connectivity index (χ1) is 10.9. The normalized spacial score (nSPS) is 11.7. The maximum absolute atomic E-state index is 12.5. The summed E-state index contributed by atoms with van der Waals surface area (Å²) in [4.78, 5) is 12.1. The van der Waals surface area contributed by atoms with Crippen LogP contribution >= 0.6 is 15.9 Å². The molecule has 0 bridgehead atoms. The average Bonchev–Trinajstić information content (AvgIpc) is 2.52. The summed E-state index contributed by atoms with van der Waals surface area (Å²) in [7, 11) is -3.68. The number of ether oxygens (including phenoxy) is 1. The minimum Gasteiger partial charge on any atom is -0.382 e. The number of sulfonamides is 1. The monoisotopic (exact) mass is 406 g/mol. The zero-order valence-electron chi connectivity index (χ0n) is 13.4. The summed E-state index contributed by atoms with van der Waals surface area (Å²) >= 11 is 3.27. The second kappa shape index (κ2) is 10.0. The van der Waals surface area contributed by atoms with E-state index in [1.54, 1.807) is 19.1 Å². The van der Waals surface area contributed by atoms with Crippen molar-refractivity contribution in [3.8, 4) is 0 Å². The molecule has 23 heavy (non-hydrogen) atoms. The fourth-order valence-electron chi connectivity index (χ4n) is 1.88. The van der Waals surface area contributed by atoms with E-state index in [1.807, 2.05) is 6.92 Å². The maximum atomic E-state index is 12.5. The molecule has 0 aliphatic carbocycles. The van der Waals surface area contributed by atoms with Crippen LogP contribution < -0.4 is 5.32 Å². The van der Waals surface area contributed by atoms with Gasteiger partial charge >= 0.3 is 0 Å². The van der Waals surface area contributed by atoms with Gasteiger partial charge in [0, 0.05) is 30.8 Å². The number of hydrogen-bond donors (Lipinski definition) is 1. The fourth-order valence-corrected chi connectivity index (χ4v) is 3.55. The van der Waals surface area contributed by atoms with E-state index in [-0.39, 0.29) is 23.9 Å². The molecular formula is C15H23BrN2O4S. The van der Waals surface area contributed by atoms with Gasteiger partial charge in [0.25, 0.3) is 0 Å². The molecule has 0 spiro atoms. The van der Waals surface area contributed by atoms with E-state index in [0.29, 0.717) is 26.2 Å². The lowest BCUT2D eigenvalue weighted by Crippen LogP contribution is -2.40. The SMILES string of the molecule is CCOCCCNC(=O)CN(CC)S(=O)(=O)c1ccc(Br)cc1. The Bertz CT molecular complexity index is 590. The summed E-state index contributed by atoms with van der Waals surface area (Å²) in [6.45, 7) is 5.33. The van der Waals surface area contributed by atoms with E-state index in [4.69, 9.17) is 4.74 Å². The Kier molecular flexibility index (Phi) is 8.75. The van der Waals surface area contributed by atoms with Crippen LogP contribution in [0, 0.1) is 0 Å². The lowest BCUT2D eigenvalue weighted by molar-refractivity contribution is -0.121. The molecule has 1 rings (SSSR count). The van der Waals surface area contributed by atoms with Crippen LogP contribution in [-0.2, 0) is 19.6 Å². The quantitative estimate of drug-likeness (QED) is 0.602. The summed E-state index contributed by atoms with van der Waals surface area (Å²) in [5.74, 6) is -0.316. The topological polar surface area (TPSA) is 75.7 Å². The van der Waals surface area contributed by atoms with Crippen LogP contribution in [0.5, 0.6) is 0 Å². The summed E-state index contributed by atoms with van der Waals surface area (Å²) < 4.78 is 32.2. The van der Waals surface area contributed by atoms with Crippen LogP contribution in [0.15, 0.2) is 33.6 Å². The van der Waals surface area contributed by atoms with Gasteiger partial charge in [0.1, 0.15) is 0 Å². The van der Waals surface area contributed by atoms with Crippen molar-refractivity contribution in [1.29, 1.82) is 0 Å². The minimum absolute atomic E-state index is 0.173. The van der Waals surface area contributed by atoms with E-state index in [1.165, 1.54) is 12.1 Å². The Labute approximate surface area is 146 Å². The lowest BCUT2D eigenvalue weighted by Gasteiger charge is -2.20. The van der Waals surface area contributed by atoms with Crippen LogP contribution in [0.1, 0.15) is 20.3 Å². The number of halogens is 1. The number of carbonyl (C=O) groups excluding carboxylic acids is 1. The Hall–Kier alpha value is -0.960. The highest BCUT2D eigenvalue weighted by molar-refractivity contribution is 9.10. The zero-order valence-corrected chi connectivity index (χ0v) is 15.8. The van der Waals surface area contributed by atoms with E-state index < -0.39 is 10.0 Å². The summed E-state index contributed by atoms with van der Waals surface area (Å²) in [5, 5.41) is 2.71. The molecule has 0 heterocycles. The van der Waals surface area contributed by atoms with Gasteiger partial charge in [-0.2, -0.15) is 4.31 Å². The van der Waals surface area contributed by atoms with Gasteiger partial charge < -0.3 is 10.1 Å². The number of likely N-dealkylation sites (N-methyl/N-ethyl adjacent to an activating group) is 1. The molecule has 6 nitrogen and oxygen atoms in total. The van der Waals surface area contributed by atoms with E-state index in [2.05, 4.69) is 21.2 Å². The third-order valence-electron chi connectivity index (χ3n) is 3.12. The second-order valence-electron chi connectivity index (χ2n) is 4.79. The smallest absolute Gasteiger partial charge is 0.243 e. The fraction of sp³-hybridized carbons (Fsp3) is 0.533. The number of nitrogens with zero attached hydrogens (tertiary/aromatic N) is 1. The molecule has 0 aliphatic heterocycles. The molecule has 1 N–H and O–H groups in total. The van der Waals surface area contributed by atoms with Crippen molar-refractivity contribution in [2.75, 3.05) is 32.8 Å². The van der Waals surface area contributed by atoms with Crippen molar-refractivity contribution in [3.05, 3.63) is 28.7 Å². The van der Waals surface area contributed by atoms with Gasteiger partial charge in [-0.15, -0.1) is 0 Å². The van der Waals surface area contributed by atoms with Crippen molar-refractivity contribution < 1.29 is 17.9 Å². The molecular weight excluding hydrogens is 384 g/mol. The molecule has 0 unspecified atom stereocenters. The van der Waals surface area contributed by atoms with Gasteiger partial charge in [0.2, 0.25) is 15.9 Å². The highest BCUT2D eigenvalue weighted by Gasteiger charge is 2.24. The van der Waals surface area contributed by atoms with Crippen molar-refractivity contribution in [3.63, 3.8) is 0 Å². The molecule has 0 radical (unpaired) electrons. The standard InChI is InChI=1S/C15H23BrN2O4S/c1-3-18(12-15(19)17-10-5-11-22-4-2)23(20,21)14-8-6-13(16)7-9-14/h6-9H,3-5,10-12H2,1-2H3,(H,17,19). The van der Waals surface area contributed by atoms with Crippen LogP contribution in [0.3, 0.4) is 0 Å². The van der Waals surface area contributed by atoms with Gasteiger partial charge in [-0.3, -0.25) is 4.79 Å². The predicted molar refractivity (Wildman–Crippen MR) is 92.7 cm³/mol. The summed E-state index contributed by atoms with van der Waals surface area (Å²) in [6, 6.07) is 6.35. The molecule has 0 saturated heterocycles. The van der Waals surface area contributed by atoms with Gasteiger partial charge in [-0.25, -0.2) is 8.42 Å². The first-order valence-corrected chi connectivity index (χ1v) is 9.75. The maximum Gasteiger partial charge on any atom is 0.243 e. The second-order valence-corrected chi connectivity index (χ2v) is 7.64. The zero-order chi connectivity index (χ0) is 17.3. The van der Waals surface area contributed by atoms with E-state index in [0.717, 1.165) is 8.78 Å². The molecule has 0 aliphatic rings. The number of hydrogen-bond acceptors (Lipinski definition) is 4. The van der Waals surface area contributed by atoms with Gasteiger partial charge in [-0.1, -0.05) is 22.9 Å². The lowest BCUT2D eigenvalue weighted by atomic mass is 10.4. The molecule has 8 heteroatoms. The molecule has 130 valence electrons. The molecule has 1 aromatic carbocycles. The Balaban J connectivity index is 2.61. The first kappa shape index (κ1) is 20.1. The van der Waals surface area contributed by atoms with Crippen molar-refractivity contribution in [2.24, 2.45) is 0 Å².